The third-order valence-corrected chi connectivity index (χ3v) is 7.87. The monoisotopic (exact) mass is 594 g/mol. The van der Waals surface area contributed by atoms with Crippen LogP contribution in [0.25, 0.3) is 0 Å². The van der Waals surface area contributed by atoms with Crippen LogP contribution in [-0.4, -0.2) is 34.6 Å². The lowest BCUT2D eigenvalue weighted by Gasteiger charge is -2.28. The lowest BCUT2D eigenvalue weighted by Crippen LogP contribution is -2.41. The van der Waals surface area contributed by atoms with E-state index in [9.17, 15) is 19.8 Å². The van der Waals surface area contributed by atoms with E-state index in [0.717, 1.165) is 33.4 Å². The van der Waals surface area contributed by atoms with Crippen LogP contribution in [0.5, 0.6) is 11.5 Å². The van der Waals surface area contributed by atoms with Crippen LogP contribution < -0.4 is 10.6 Å². The van der Waals surface area contributed by atoms with Crippen LogP contribution in [0, 0.1) is 0 Å². The number of hydrogen-bond donors (Lipinski definition) is 4. The van der Waals surface area contributed by atoms with E-state index in [1.807, 2.05) is 31.2 Å². The van der Waals surface area contributed by atoms with Crippen molar-refractivity contribution >= 4 is 11.8 Å². The van der Waals surface area contributed by atoms with Gasteiger partial charge in [0.2, 0.25) is 11.8 Å². The third-order valence-electron chi connectivity index (χ3n) is 7.87. The van der Waals surface area contributed by atoms with Gasteiger partial charge in [0.25, 0.3) is 0 Å². The predicted octanol–water partition coefficient (Wildman–Crippen LogP) is 7.47. The molecular formula is C37H58N2O4. The summed E-state index contributed by atoms with van der Waals surface area (Å²) in [5.74, 6) is 0.537. The van der Waals surface area contributed by atoms with Gasteiger partial charge in [0.15, 0.2) is 0 Å². The number of benzene rings is 2. The van der Waals surface area contributed by atoms with E-state index in [2.05, 4.69) is 93.7 Å². The Hall–Kier alpha value is -3.02. The number of aromatic hydroxyl groups is 2. The standard InChI is InChI=1S/C37H58N2O4/c1-23(39-31(41)17-15-25-20-28(36(8,9)10)33(43)29(21-25)37(11,12)13)22-38-30(40)16-14-24-18-26(34(2,3)4)32(42)27(19-24)35(5,6)7/h18-21,23,42-43H,14-17,22H2,1-13H3,(H,38,40)(H,39,41). The first-order chi connectivity index (χ1) is 19.4. The molecule has 0 bridgehead atoms. The molecule has 1 atom stereocenters. The number of hydrogen-bond acceptors (Lipinski definition) is 4. The molecule has 2 aromatic rings. The van der Waals surface area contributed by atoms with E-state index >= 15 is 0 Å². The summed E-state index contributed by atoms with van der Waals surface area (Å²) >= 11 is 0. The number of carbonyl (C=O) groups excluding carboxylic acids is 2. The zero-order chi connectivity index (χ0) is 33.1. The molecule has 4 N–H and O–H groups in total. The SMILES string of the molecule is CC(CNC(=O)CCc1cc(C(C)(C)C)c(O)c(C(C)(C)C)c1)NC(=O)CCc1cc(C(C)(C)C)c(O)c(C(C)(C)C)c1. The molecule has 1 unspecified atom stereocenters. The Kier molecular flexibility index (Phi) is 11.2. The molecule has 0 aliphatic rings. The molecule has 0 heterocycles. The van der Waals surface area contributed by atoms with Crippen molar-refractivity contribution in [2.24, 2.45) is 0 Å². The second-order valence-corrected chi connectivity index (χ2v) is 16.4. The second-order valence-electron chi connectivity index (χ2n) is 16.4. The lowest BCUT2D eigenvalue weighted by molar-refractivity contribution is -0.123. The maximum Gasteiger partial charge on any atom is 0.220 e. The van der Waals surface area contributed by atoms with Crippen LogP contribution in [0.3, 0.4) is 0 Å². The highest BCUT2D eigenvalue weighted by Crippen LogP contribution is 2.41. The van der Waals surface area contributed by atoms with Crippen molar-refractivity contribution in [1.82, 2.24) is 10.6 Å². The number of amides is 2. The number of nitrogens with one attached hydrogen (secondary N) is 2. The van der Waals surface area contributed by atoms with Gasteiger partial charge in [-0.3, -0.25) is 9.59 Å². The molecular weight excluding hydrogens is 536 g/mol. The molecule has 43 heavy (non-hydrogen) atoms. The Morgan fingerprint density at radius 3 is 1.21 bits per heavy atom. The Labute approximate surface area is 261 Å². The van der Waals surface area contributed by atoms with E-state index in [1.165, 1.54) is 0 Å². The van der Waals surface area contributed by atoms with Crippen LogP contribution in [0.2, 0.25) is 0 Å². The highest BCUT2D eigenvalue weighted by Gasteiger charge is 2.28. The predicted molar refractivity (Wildman–Crippen MR) is 178 cm³/mol. The molecule has 0 spiro atoms. The van der Waals surface area contributed by atoms with Crippen molar-refractivity contribution in [3.8, 4) is 11.5 Å². The maximum atomic E-state index is 12.8. The Balaban J connectivity index is 1.96. The average molecular weight is 595 g/mol. The first-order valence-corrected chi connectivity index (χ1v) is 15.7. The summed E-state index contributed by atoms with van der Waals surface area (Å²) in [4.78, 5) is 25.5. The van der Waals surface area contributed by atoms with Crippen molar-refractivity contribution < 1.29 is 19.8 Å². The topological polar surface area (TPSA) is 98.7 Å². The van der Waals surface area contributed by atoms with Crippen LogP contribution >= 0.6 is 0 Å². The minimum absolute atomic E-state index is 0.0713. The van der Waals surface area contributed by atoms with Crippen LogP contribution in [0.4, 0.5) is 0 Å². The number of aryl methyl sites for hydroxylation is 2. The fraction of sp³-hybridized carbons (Fsp3) is 0.622. The van der Waals surface area contributed by atoms with Gasteiger partial charge in [-0.1, -0.05) is 107 Å². The van der Waals surface area contributed by atoms with Crippen LogP contribution in [0.1, 0.15) is 136 Å². The number of phenols is 2. The van der Waals surface area contributed by atoms with Crippen LogP contribution in [0.15, 0.2) is 24.3 Å². The van der Waals surface area contributed by atoms with Gasteiger partial charge >= 0.3 is 0 Å². The summed E-state index contributed by atoms with van der Waals surface area (Å²) < 4.78 is 0. The summed E-state index contributed by atoms with van der Waals surface area (Å²) in [6.07, 6.45) is 1.78. The van der Waals surface area contributed by atoms with Crippen molar-refractivity contribution in [3.63, 3.8) is 0 Å². The molecule has 2 aromatic carbocycles. The largest absolute Gasteiger partial charge is 0.507 e. The first-order valence-electron chi connectivity index (χ1n) is 15.7. The fourth-order valence-corrected chi connectivity index (χ4v) is 5.23. The molecule has 0 saturated carbocycles. The van der Waals surface area contributed by atoms with E-state index in [1.54, 1.807) is 0 Å². The van der Waals surface area contributed by atoms with E-state index in [4.69, 9.17) is 0 Å². The molecule has 0 fully saturated rings. The smallest absolute Gasteiger partial charge is 0.220 e. The Morgan fingerprint density at radius 2 is 0.907 bits per heavy atom. The van der Waals surface area contributed by atoms with Crippen molar-refractivity contribution in [1.29, 1.82) is 0 Å². The van der Waals surface area contributed by atoms with Crippen molar-refractivity contribution in [2.45, 2.75) is 143 Å². The lowest BCUT2D eigenvalue weighted by atomic mass is 9.78. The van der Waals surface area contributed by atoms with Crippen molar-refractivity contribution in [2.75, 3.05) is 6.54 Å². The summed E-state index contributed by atoms with van der Waals surface area (Å²) in [6, 6.07) is 7.86. The quantitative estimate of drug-likeness (QED) is 0.242. The fourth-order valence-electron chi connectivity index (χ4n) is 5.23. The molecule has 2 rings (SSSR count). The summed E-state index contributed by atoms with van der Waals surface area (Å²) in [6.45, 7) is 27.2. The van der Waals surface area contributed by atoms with Gasteiger partial charge in [-0.2, -0.15) is 0 Å². The van der Waals surface area contributed by atoms with Gasteiger partial charge in [0, 0.05) is 25.4 Å². The number of phenolic OH excluding ortho intramolecular Hbond substituents is 2. The Morgan fingerprint density at radius 1 is 0.605 bits per heavy atom. The van der Waals surface area contributed by atoms with Crippen molar-refractivity contribution in [3.05, 3.63) is 57.6 Å². The normalized spacial score (nSPS) is 13.5. The highest BCUT2D eigenvalue weighted by atomic mass is 16.3. The molecule has 0 radical (unpaired) electrons. The van der Waals surface area contributed by atoms with E-state index in [0.29, 0.717) is 43.7 Å². The van der Waals surface area contributed by atoms with Gasteiger partial charge in [-0.25, -0.2) is 0 Å². The molecule has 0 aliphatic carbocycles. The molecule has 240 valence electrons. The number of rotatable bonds is 9. The van der Waals surface area contributed by atoms with Gasteiger partial charge in [-0.05, 0) is 74.8 Å². The van der Waals surface area contributed by atoms with E-state index < -0.39 is 0 Å². The zero-order valence-corrected chi connectivity index (χ0v) is 29.1. The van der Waals surface area contributed by atoms with Gasteiger partial charge in [0.1, 0.15) is 11.5 Å². The minimum atomic E-state index is -0.221. The molecule has 2 amide bonds. The average Bonchev–Trinajstić information content (AvgIpc) is 2.83. The number of carbonyl (C=O) groups is 2. The first kappa shape index (κ1) is 36.2. The molecule has 6 heteroatoms. The molecule has 0 aromatic heterocycles. The second kappa shape index (κ2) is 13.3. The van der Waals surface area contributed by atoms with Gasteiger partial charge in [-0.15, -0.1) is 0 Å². The summed E-state index contributed by atoms with van der Waals surface area (Å²) in [7, 11) is 0. The molecule has 0 saturated heterocycles. The zero-order valence-electron chi connectivity index (χ0n) is 29.1. The summed E-state index contributed by atoms with van der Waals surface area (Å²) in [5.41, 5.74) is 4.74. The summed E-state index contributed by atoms with van der Waals surface area (Å²) in [5, 5.41) is 27.9. The van der Waals surface area contributed by atoms with Gasteiger partial charge in [0.05, 0.1) is 0 Å². The highest BCUT2D eigenvalue weighted by molar-refractivity contribution is 5.78. The van der Waals surface area contributed by atoms with E-state index in [-0.39, 0.29) is 39.5 Å². The third kappa shape index (κ3) is 10.3. The molecule has 0 aliphatic heterocycles. The Bertz CT molecular complexity index is 1230. The van der Waals surface area contributed by atoms with Crippen LogP contribution in [-0.2, 0) is 44.1 Å². The molecule has 6 nitrogen and oxygen atoms in total. The van der Waals surface area contributed by atoms with Gasteiger partial charge < -0.3 is 20.8 Å². The minimum Gasteiger partial charge on any atom is -0.507 e. The maximum absolute atomic E-state index is 12.8.